The predicted molar refractivity (Wildman–Crippen MR) is 54.8 cm³/mol. The fourth-order valence-electron chi connectivity index (χ4n) is 0.595. The Kier molecular flexibility index (Phi) is 12.7. The minimum Gasteiger partial charge on any atom is -0.381 e. The van der Waals surface area contributed by atoms with Crippen LogP contribution in [0.5, 0.6) is 0 Å². The number of hydrogen-bond donors (Lipinski definition) is 2. The molecule has 0 spiro atoms. The zero-order valence-corrected chi connectivity index (χ0v) is 9.59. The molecule has 0 heterocycles. The molecule has 0 aliphatic rings. The summed E-state index contributed by atoms with van der Waals surface area (Å²) in [5.41, 5.74) is 0. The second-order valence-corrected chi connectivity index (χ2v) is 3.66. The van der Waals surface area contributed by atoms with Gasteiger partial charge < -0.3 is 4.74 Å². The van der Waals surface area contributed by atoms with Crippen LogP contribution in [-0.2, 0) is 15.1 Å². The molecular formula is C8H20O5S. The maximum absolute atomic E-state index is 8.74. The molecule has 0 fully saturated rings. The number of ether oxygens (including phenoxy) is 1. The summed E-state index contributed by atoms with van der Waals surface area (Å²) in [6, 6.07) is 0. The van der Waals surface area contributed by atoms with Gasteiger partial charge >= 0.3 is 10.4 Å². The fourth-order valence-corrected chi connectivity index (χ4v) is 0.595. The number of hydrogen-bond acceptors (Lipinski definition) is 3. The van der Waals surface area contributed by atoms with Crippen molar-refractivity contribution in [1.29, 1.82) is 0 Å². The van der Waals surface area contributed by atoms with Crippen LogP contribution in [0.25, 0.3) is 0 Å². The van der Waals surface area contributed by atoms with E-state index in [4.69, 9.17) is 22.3 Å². The van der Waals surface area contributed by atoms with Crippen LogP contribution in [-0.4, -0.2) is 30.7 Å². The summed E-state index contributed by atoms with van der Waals surface area (Å²) in [7, 11) is -4.67. The topological polar surface area (TPSA) is 83.8 Å². The zero-order valence-electron chi connectivity index (χ0n) is 8.77. The van der Waals surface area contributed by atoms with Gasteiger partial charge in [0, 0.05) is 13.2 Å². The summed E-state index contributed by atoms with van der Waals surface area (Å²) in [5.74, 6) is 0. The van der Waals surface area contributed by atoms with Crippen LogP contribution in [0.3, 0.4) is 0 Å². The average Bonchev–Trinajstić information content (AvgIpc) is 2.01. The summed E-state index contributed by atoms with van der Waals surface area (Å²) in [6.45, 7) is 6.28. The minimum absolute atomic E-state index is 0.955. The van der Waals surface area contributed by atoms with Crippen LogP contribution in [0, 0.1) is 0 Å². The maximum Gasteiger partial charge on any atom is 0.394 e. The molecule has 0 amide bonds. The van der Waals surface area contributed by atoms with E-state index in [1.54, 1.807) is 0 Å². The second-order valence-electron chi connectivity index (χ2n) is 2.77. The second kappa shape index (κ2) is 10.9. The monoisotopic (exact) mass is 228 g/mol. The zero-order chi connectivity index (χ0) is 11.4. The van der Waals surface area contributed by atoms with Crippen molar-refractivity contribution >= 4 is 10.4 Å². The highest BCUT2D eigenvalue weighted by molar-refractivity contribution is 7.79. The highest BCUT2D eigenvalue weighted by Crippen LogP contribution is 1.91. The summed E-state index contributed by atoms with van der Waals surface area (Å²) in [4.78, 5) is 0. The molecule has 0 aromatic carbocycles. The van der Waals surface area contributed by atoms with E-state index < -0.39 is 10.4 Å². The molecule has 0 aliphatic carbocycles. The first-order chi connectivity index (χ1) is 6.41. The molecule has 2 N–H and O–H groups in total. The largest absolute Gasteiger partial charge is 0.394 e. The van der Waals surface area contributed by atoms with Gasteiger partial charge in [0.05, 0.1) is 0 Å². The predicted octanol–water partition coefficient (Wildman–Crippen LogP) is 1.95. The Labute approximate surface area is 86.0 Å². The van der Waals surface area contributed by atoms with Crippen molar-refractivity contribution in [3.63, 3.8) is 0 Å². The molecule has 0 bridgehead atoms. The van der Waals surface area contributed by atoms with Crippen molar-refractivity contribution in [3.05, 3.63) is 0 Å². The van der Waals surface area contributed by atoms with E-state index in [0.717, 1.165) is 13.2 Å². The van der Waals surface area contributed by atoms with Crippen molar-refractivity contribution in [3.8, 4) is 0 Å². The van der Waals surface area contributed by atoms with Gasteiger partial charge in [-0.25, -0.2) is 0 Å². The Morgan fingerprint density at radius 1 is 1.00 bits per heavy atom. The van der Waals surface area contributed by atoms with Crippen LogP contribution in [0.15, 0.2) is 0 Å². The molecule has 0 atom stereocenters. The lowest BCUT2D eigenvalue weighted by molar-refractivity contribution is 0.128. The molecule has 0 saturated heterocycles. The molecule has 5 nitrogen and oxygen atoms in total. The van der Waals surface area contributed by atoms with Crippen LogP contribution in [0.2, 0.25) is 0 Å². The van der Waals surface area contributed by atoms with Crippen molar-refractivity contribution in [2.75, 3.05) is 13.2 Å². The van der Waals surface area contributed by atoms with Gasteiger partial charge in [0.2, 0.25) is 0 Å². The molecule has 14 heavy (non-hydrogen) atoms. The molecule has 0 rings (SSSR count). The van der Waals surface area contributed by atoms with E-state index in [9.17, 15) is 0 Å². The maximum atomic E-state index is 8.74. The van der Waals surface area contributed by atoms with Crippen molar-refractivity contribution < 1.29 is 22.3 Å². The summed E-state index contributed by atoms with van der Waals surface area (Å²) in [6.07, 6.45) is 4.91. The van der Waals surface area contributed by atoms with Gasteiger partial charge in [-0.3, -0.25) is 9.11 Å². The normalized spacial score (nSPS) is 10.6. The third-order valence-corrected chi connectivity index (χ3v) is 1.28. The molecule has 0 aromatic rings. The molecule has 0 aliphatic heterocycles. The van der Waals surface area contributed by atoms with Gasteiger partial charge in [0.1, 0.15) is 0 Å². The van der Waals surface area contributed by atoms with Crippen LogP contribution in [0.1, 0.15) is 39.5 Å². The average molecular weight is 228 g/mol. The minimum atomic E-state index is -4.67. The molecule has 0 radical (unpaired) electrons. The first-order valence-electron chi connectivity index (χ1n) is 4.69. The van der Waals surface area contributed by atoms with E-state index in [1.165, 1.54) is 25.7 Å². The van der Waals surface area contributed by atoms with Gasteiger partial charge in [0.25, 0.3) is 0 Å². The van der Waals surface area contributed by atoms with Crippen molar-refractivity contribution in [1.82, 2.24) is 0 Å². The molecule has 0 aromatic heterocycles. The van der Waals surface area contributed by atoms with Gasteiger partial charge in [-0.2, -0.15) is 8.42 Å². The summed E-state index contributed by atoms with van der Waals surface area (Å²) in [5, 5.41) is 0. The smallest absolute Gasteiger partial charge is 0.381 e. The molecule has 88 valence electrons. The lowest BCUT2D eigenvalue weighted by Crippen LogP contribution is -1.95. The Hall–Kier alpha value is -0.170. The quantitative estimate of drug-likeness (QED) is 0.536. The highest BCUT2D eigenvalue weighted by Gasteiger charge is 1.85. The van der Waals surface area contributed by atoms with E-state index in [2.05, 4.69) is 13.8 Å². The summed E-state index contributed by atoms with van der Waals surface area (Å²) < 4.78 is 36.9. The van der Waals surface area contributed by atoms with Crippen LogP contribution in [0.4, 0.5) is 0 Å². The Morgan fingerprint density at radius 2 is 1.29 bits per heavy atom. The van der Waals surface area contributed by atoms with Gasteiger partial charge in [0.15, 0.2) is 0 Å². The Morgan fingerprint density at radius 3 is 1.50 bits per heavy atom. The summed E-state index contributed by atoms with van der Waals surface area (Å²) >= 11 is 0. The van der Waals surface area contributed by atoms with Gasteiger partial charge in [-0.15, -0.1) is 0 Å². The molecule has 0 unspecified atom stereocenters. The van der Waals surface area contributed by atoms with E-state index >= 15 is 0 Å². The third kappa shape index (κ3) is 40.8. The third-order valence-electron chi connectivity index (χ3n) is 1.28. The molecular weight excluding hydrogens is 208 g/mol. The lowest BCUT2D eigenvalue weighted by Gasteiger charge is -1.99. The first kappa shape index (κ1) is 16.3. The van der Waals surface area contributed by atoms with Gasteiger partial charge in [-0.05, 0) is 12.8 Å². The lowest BCUT2D eigenvalue weighted by atomic mass is 10.3. The van der Waals surface area contributed by atoms with Crippen LogP contribution >= 0.6 is 0 Å². The van der Waals surface area contributed by atoms with E-state index in [1.807, 2.05) is 0 Å². The standard InChI is InChI=1S/C8H18O.H2O4S/c1-3-5-7-9-8-6-4-2;1-5(2,3)4/h3-8H2,1-2H3;(H2,1,2,3,4). The number of unbranched alkanes of at least 4 members (excludes halogenated alkanes) is 2. The number of rotatable bonds is 6. The van der Waals surface area contributed by atoms with Crippen molar-refractivity contribution in [2.24, 2.45) is 0 Å². The Bertz CT molecular complexity index is 174. The van der Waals surface area contributed by atoms with E-state index in [-0.39, 0.29) is 0 Å². The van der Waals surface area contributed by atoms with Gasteiger partial charge in [-0.1, -0.05) is 26.7 Å². The van der Waals surface area contributed by atoms with Crippen LogP contribution < -0.4 is 0 Å². The highest BCUT2D eigenvalue weighted by atomic mass is 32.3. The van der Waals surface area contributed by atoms with E-state index in [0.29, 0.717) is 0 Å². The van der Waals surface area contributed by atoms with Crippen molar-refractivity contribution in [2.45, 2.75) is 39.5 Å². The molecule has 0 saturated carbocycles. The SMILES string of the molecule is CCCCOCCCC.O=S(=O)(O)O. The fraction of sp³-hybridized carbons (Fsp3) is 1.00. The first-order valence-corrected chi connectivity index (χ1v) is 6.09. The molecule has 6 heteroatoms. The Balaban J connectivity index is 0.